The van der Waals surface area contributed by atoms with Gasteiger partial charge in [0.2, 0.25) is 15.9 Å². The van der Waals surface area contributed by atoms with Crippen molar-refractivity contribution in [3.63, 3.8) is 0 Å². The number of hydrogen-bond donors (Lipinski definition) is 2. The van der Waals surface area contributed by atoms with Crippen molar-refractivity contribution in [2.24, 2.45) is 0 Å². The van der Waals surface area contributed by atoms with E-state index in [-0.39, 0.29) is 18.5 Å². The molecular weight excluding hydrogens is 240 g/mol. The number of amides is 1. The average molecular weight is 260 g/mol. The van der Waals surface area contributed by atoms with Crippen LogP contribution in [0.3, 0.4) is 0 Å². The maximum atomic E-state index is 11.5. The highest BCUT2D eigenvalue weighted by Crippen LogP contribution is 2.19. The van der Waals surface area contributed by atoms with Crippen molar-refractivity contribution in [1.82, 2.24) is 10.0 Å². The number of carbonyl (C=O) groups excluding carboxylic acids is 1. The summed E-state index contributed by atoms with van der Waals surface area (Å²) in [6.07, 6.45) is 7.65. The van der Waals surface area contributed by atoms with Crippen molar-refractivity contribution in [2.75, 3.05) is 12.8 Å². The summed E-state index contributed by atoms with van der Waals surface area (Å²) >= 11 is 0. The van der Waals surface area contributed by atoms with Crippen LogP contribution < -0.4 is 10.0 Å². The SMILES string of the molecule is C[C@H](NC(=O)CNS(C)(=O)=O)C1=CCCCC1. The van der Waals surface area contributed by atoms with Crippen LogP contribution in [-0.2, 0) is 14.8 Å². The fourth-order valence-corrected chi connectivity index (χ4v) is 2.23. The molecule has 0 aliphatic heterocycles. The lowest BCUT2D eigenvalue weighted by Crippen LogP contribution is -2.41. The number of allylic oxidation sites excluding steroid dienone is 1. The molecule has 0 radical (unpaired) electrons. The lowest BCUT2D eigenvalue weighted by molar-refractivity contribution is -0.120. The van der Waals surface area contributed by atoms with Crippen molar-refractivity contribution in [1.29, 1.82) is 0 Å². The molecule has 6 heteroatoms. The van der Waals surface area contributed by atoms with Crippen molar-refractivity contribution in [3.8, 4) is 0 Å². The molecule has 0 saturated carbocycles. The number of hydrogen-bond acceptors (Lipinski definition) is 3. The second-order valence-corrected chi connectivity index (χ2v) is 6.24. The summed E-state index contributed by atoms with van der Waals surface area (Å²) < 4.78 is 23.8. The second kappa shape index (κ2) is 6.16. The Morgan fingerprint density at radius 3 is 2.71 bits per heavy atom. The van der Waals surface area contributed by atoms with Crippen molar-refractivity contribution in [2.45, 2.75) is 38.6 Å². The third-order valence-electron chi connectivity index (χ3n) is 2.75. The summed E-state index contributed by atoms with van der Waals surface area (Å²) in [4.78, 5) is 11.5. The van der Waals surface area contributed by atoms with Crippen LogP contribution in [0.15, 0.2) is 11.6 Å². The van der Waals surface area contributed by atoms with Gasteiger partial charge in [0, 0.05) is 6.04 Å². The Bertz CT molecular complexity index is 401. The molecule has 0 bridgehead atoms. The van der Waals surface area contributed by atoms with Gasteiger partial charge in [-0.3, -0.25) is 4.79 Å². The molecule has 1 aliphatic rings. The zero-order valence-corrected chi connectivity index (χ0v) is 11.1. The van der Waals surface area contributed by atoms with Gasteiger partial charge in [-0.2, -0.15) is 0 Å². The molecule has 0 unspecified atom stereocenters. The first-order valence-electron chi connectivity index (χ1n) is 5.81. The minimum absolute atomic E-state index is 0.0100. The fourth-order valence-electron chi connectivity index (χ4n) is 1.84. The fraction of sp³-hybridized carbons (Fsp3) is 0.727. The molecule has 0 aromatic rings. The van der Waals surface area contributed by atoms with Crippen LogP contribution >= 0.6 is 0 Å². The molecule has 1 atom stereocenters. The Morgan fingerprint density at radius 1 is 1.47 bits per heavy atom. The van der Waals surface area contributed by atoms with Crippen LogP contribution in [0.25, 0.3) is 0 Å². The van der Waals surface area contributed by atoms with Gasteiger partial charge in [0.1, 0.15) is 0 Å². The minimum Gasteiger partial charge on any atom is -0.349 e. The third-order valence-corrected chi connectivity index (χ3v) is 3.42. The average Bonchev–Trinajstić information content (AvgIpc) is 2.27. The normalized spacial score (nSPS) is 18.4. The summed E-state index contributed by atoms with van der Waals surface area (Å²) in [5.74, 6) is -0.297. The third kappa shape index (κ3) is 5.83. The van der Waals surface area contributed by atoms with E-state index in [4.69, 9.17) is 0 Å². The molecular formula is C11H20N2O3S. The van der Waals surface area contributed by atoms with Crippen LogP contribution in [0.2, 0.25) is 0 Å². The van der Waals surface area contributed by atoms with Crippen LogP contribution in [0.1, 0.15) is 32.6 Å². The highest BCUT2D eigenvalue weighted by molar-refractivity contribution is 7.88. The van der Waals surface area contributed by atoms with Crippen LogP contribution in [-0.4, -0.2) is 33.2 Å². The summed E-state index contributed by atoms with van der Waals surface area (Å²) in [6, 6.07) is -0.0100. The van der Waals surface area contributed by atoms with Gasteiger partial charge in [0.15, 0.2) is 0 Å². The summed E-state index contributed by atoms with van der Waals surface area (Å²) in [6.45, 7) is 1.73. The topological polar surface area (TPSA) is 75.3 Å². The van der Waals surface area contributed by atoms with Gasteiger partial charge in [-0.25, -0.2) is 13.1 Å². The maximum absolute atomic E-state index is 11.5. The largest absolute Gasteiger partial charge is 0.349 e. The maximum Gasteiger partial charge on any atom is 0.235 e. The molecule has 0 fully saturated rings. The van der Waals surface area contributed by atoms with Crippen molar-refractivity contribution in [3.05, 3.63) is 11.6 Å². The predicted octanol–water partition coefficient (Wildman–Crippen LogP) is 0.541. The number of nitrogens with one attached hydrogen (secondary N) is 2. The molecule has 0 heterocycles. The van der Waals surface area contributed by atoms with Crippen molar-refractivity contribution < 1.29 is 13.2 Å². The van der Waals surface area contributed by atoms with E-state index in [2.05, 4.69) is 16.1 Å². The van der Waals surface area contributed by atoms with Gasteiger partial charge in [0.05, 0.1) is 12.8 Å². The van der Waals surface area contributed by atoms with Crippen LogP contribution in [0.4, 0.5) is 0 Å². The molecule has 5 nitrogen and oxygen atoms in total. The molecule has 0 saturated heterocycles. The summed E-state index contributed by atoms with van der Waals surface area (Å²) in [5, 5.41) is 2.79. The first-order valence-corrected chi connectivity index (χ1v) is 7.70. The summed E-state index contributed by atoms with van der Waals surface area (Å²) in [7, 11) is -3.31. The smallest absolute Gasteiger partial charge is 0.235 e. The first-order chi connectivity index (χ1) is 7.88. The van der Waals surface area contributed by atoms with Gasteiger partial charge in [-0.1, -0.05) is 11.6 Å². The minimum atomic E-state index is -3.31. The molecule has 1 amide bonds. The highest BCUT2D eigenvalue weighted by atomic mass is 32.2. The lowest BCUT2D eigenvalue weighted by atomic mass is 9.95. The van der Waals surface area contributed by atoms with E-state index in [1.807, 2.05) is 6.92 Å². The van der Waals surface area contributed by atoms with Gasteiger partial charge in [-0.05, 0) is 32.6 Å². The monoisotopic (exact) mass is 260 g/mol. The van der Waals surface area contributed by atoms with Gasteiger partial charge in [0.25, 0.3) is 0 Å². The van der Waals surface area contributed by atoms with E-state index < -0.39 is 10.0 Å². The molecule has 98 valence electrons. The van der Waals surface area contributed by atoms with E-state index in [1.165, 1.54) is 12.0 Å². The van der Waals surface area contributed by atoms with E-state index >= 15 is 0 Å². The Balaban J connectivity index is 2.37. The van der Waals surface area contributed by atoms with Gasteiger partial charge < -0.3 is 5.32 Å². The molecule has 0 spiro atoms. The highest BCUT2D eigenvalue weighted by Gasteiger charge is 2.14. The molecule has 0 aromatic carbocycles. The van der Waals surface area contributed by atoms with Crippen molar-refractivity contribution >= 4 is 15.9 Å². The molecule has 0 aromatic heterocycles. The Hall–Kier alpha value is -0.880. The van der Waals surface area contributed by atoms with Gasteiger partial charge in [-0.15, -0.1) is 0 Å². The quantitative estimate of drug-likeness (QED) is 0.708. The molecule has 17 heavy (non-hydrogen) atoms. The van der Waals surface area contributed by atoms with Crippen LogP contribution in [0.5, 0.6) is 0 Å². The van der Waals surface area contributed by atoms with Gasteiger partial charge >= 0.3 is 0 Å². The predicted molar refractivity (Wildman–Crippen MR) is 67.0 cm³/mol. The van der Waals surface area contributed by atoms with E-state index in [1.54, 1.807) is 0 Å². The number of carbonyl (C=O) groups is 1. The van der Waals surface area contributed by atoms with E-state index in [0.717, 1.165) is 25.5 Å². The van der Waals surface area contributed by atoms with E-state index in [0.29, 0.717) is 0 Å². The second-order valence-electron chi connectivity index (χ2n) is 4.41. The first kappa shape index (κ1) is 14.2. The zero-order valence-electron chi connectivity index (χ0n) is 10.3. The molecule has 1 rings (SSSR count). The van der Waals surface area contributed by atoms with E-state index in [9.17, 15) is 13.2 Å². The molecule has 1 aliphatic carbocycles. The lowest BCUT2D eigenvalue weighted by Gasteiger charge is -2.20. The summed E-state index contributed by atoms with van der Waals surface area (Å²) in [5.41, 5.74) is 1.24. The number of sulfonamides is 1. The Kier molecular flexibility index (Phi) is 5.14. The van der Waals surface area contributed by atoms with Crippen LogP contribution in [0, 0.1) is 0 Å². The standard InChI is InChI=1S/C11H20N2O3S/c1-9(10-6-4-3-5-7-10)13-11(14)8-12-17(2,15)16/h6,9,12H,3-5,7-8H2,1-2H3,(H,13,14)/t9-/m0/s1. The Labute approximate surface area is 103 Å². The zero-order chi connectivity index (χ0) is 12.9. The molecule has 2 N–H and O–H groups in total. The number of rotatable bonds is 5. The Morgan fingerprint density at radius 2 is 2.18 bits per heavy atom.